The van der Waals surface area contributed by atoms with Crippen LogP contribution in [-0.4, -0.2) is 49.7 Å². The van der Waals surface area contributed by atoms with Crippen LogP contribution < -0.4 is 4.90 Å². The Morgan fingerprint density at radius 1 is 1.41 bits per heavy atom. The third-order valence-corrected chi connectivity index (χ3v) is 4.28. The highest BCUT2D eigenvalue weighted by Crippen LogP contribution is 2.30. The Morgan fingerprint density at radius 2 is 2.14 bits per heavy atom. The number of ether oxygens (including phenoxy) is 1. The van der Waals surface area contributed by atoms with Crippen LogP contribution in [0.2, 0.25) is 5.02 Å². The second-order valence-electron chi connectivity index (χ2n) is 6.00. The first-order valence-corrected chi connectivity index (χ1v) is 8.26. The van der Waals surface area contributed by atoms with E-state index in [1.807, 2.05) is 45.2 Å². The zero-order valence-corrected chi connectivity index (χ0v) is 14.3. The van der Waals surface area contributed by atoms with Crippen LogP contribution in [0.3, 0.4) is 0 Å². The first kappa shape index (κ1) is 17.3. The Balaban J connectivity index is 1.89. The number of carbonyl (C=O) groups excluding carboxylic acids is 1. The highest BCUT2D eigenvalue weighted by molar-refractivity contribution is 6.33. The molecule has 0 aliphatic carbocycles. The maximum Gasteiger partial charge on any atom is 0.244 e. The highest BCUT2D eigenvalue weighted by Gasteiger charge is 2.35. The molecule has 1 aliphatic rings. The number of nitrogens with zero attached hydrogens (tertiary/aromatic N) is 2. The average molecular weight is 325 g/mol. The fraction of sp³-hybridized carbons (Fsp3) is 0.588. The van der Waals surface area contributed by atoms with E-state index in [2.05, 4.69) is 4.90 Å². The fourth-order valence-electron chi connectivity index (χ4n) is 2.77. The van der Waals surface area contributed by atoms with Gasteiger partial charge in [-0.05, 0) is 45.9 Å². The summed E-state index contributed by atoms with van der Waals surface area (Å²) >= 11 is 6.20. The second kappa shape index (κ2) is 7.95. The molecule has 0 spiro atoms. The summed E-state index contributed by atoms with van der Waals surface area (Å²) in [6.45, 7) is 6.38. The van der Waals surface area contributed by atoms with Gasteiger partial charge in [0.05, 0.1) is 22.9 Å². The molecule has 1 saturated heterocycles. The predicted molar refractivity (Wildman–Crippen MR) is 90.5 cm³/mol. The van der Waals surface area contributed by atoms with Gasteiger partial charge in [-0.15, -0.1) is 0 Å². The van der Waals surface area contributed by atoms with Gasteiger partial charge >= 0.3 is 0 Å². The molecule has 0 radical (unpaired) electrons. The fourth-order valence-corrected chi connectivity index (χ4v) is 3.01. The molecule has 2 rings (SSSR count). The lowest BCUT2D eigenvalue weighted by Gasteiger charge is -2.24. The Labute approximate surface area is 138 Å². The second-order valence-corrected chi connectivity index (χ2v) is 6.41. The standard InChI is InChI=1S/C17H25ClN2O2/c1-13(2)22-12-6-10-19(3)16-9-11-20(17(16)21)15-8-5-4-7-14(15)18/h4-5,7-8,13,16H,6,9-12H2,1-3H3/t16-/m0/s1. The van der Waals surface area contributed by atoms with E-state index in [-0.39, 0.29) is 18.1 Å². The Bertz CT molecular complexity index is 507. The van der Waals surface area contributed by atoms with E-state index < -0.39 is 0 Å². The molecule has 5 heteroatoms. The molecule has 1 fully saturated rings. The molecule has 122 valence electrons. The molecule has 1 atom stereocenters. The average Bonchev–Trinajstić information content (AvgIpc) is 2.85. The van der Waals surface area contributed by atoms with Crippen molar-refractivity contribution in [1.82, 2.24) is 4.90 Å². The largest absolute Gasteiger partial charge is 0.379 e. The van der Waals surface area contributed by atoms with E-state index in [4.69, 9.17) is 16.3 Å². The Kier molecular flexibility index (Phi) is 6.24. The molecule has 1 aliphatic heterocycles. The van der Waals surface area contributed by atoms with Gasteiger partial charge in [0.15, 0.2) is 0 Å². The van der Waals surface area contributed by atoms with E-state index in [1.165, 1.54) is 0 Å². The lowest BCUT2D eigenvalue weighted by Crippen LogP contribution is -2.40. The van der Waals surface area contributed by atoms with Crippen molar-refractivity contribution in [3.8, 4) is 0 Å². The van der Waals surface area contributed by atoms with E-state index in [9.17, 15) is 4.79 Å². The topological polar surface area (TPSA) is 32.8 Å². The van der Waals surface area contributed by atoms with Crippen molar-refractivity contribution < 1.29 is 9.53 Å². The first-order valence-electron chi connectivity index (χ1n) is 7.88. The predicted octanol–water partition coefficient (Wildman–Crippen LogP) is 3.19. The first-order chi connectivity index (χ1) is 10.5. The van der Waals surface area contributed by atoms with Crippen molar-refractivity contribution in [2.45, 2.75) is 38.8 Å². The number of para-hydroxylation sites is 1. The molecule has 0 aromatic heterocycles. The molecule has 0 N–H and O–H groups in total. The highest BCUT2D eigenvalue weighted by atomic mass is 35.5. The van der Waals surface area contributed by atoms with Crippen molar-refractivity contribution in [3.63, 3.8) is 0 Å². The van der Waals surface area contributed by atoms with E-state index in [0.29, 0.717) is 5.02 Å². The summed E-state index contributed by atoms with van der Waals surface area (Å²) in [5.74, 6) is 0.139. The van der Waals surface area contributed by atoms with Crippen LogP contribution in [0, 0.1) is 0 Å². The van der Waals surface area contributed by atoms with Gasteiger partial charge in [0.2, 0.25) is 5.91 Å². The minimum atomic E-state index is -0.0599. The van der Waals surface area contributed by atoms with Gasteiger partial charge in [0, 0.05) is 19.7 Å². The van der Waals surface area contributed by atoms with Crippen molar-refractivity contribution in [2.24, 2.45) is 0 Å². The number of halogens is 1. The maximum atomic E-state index is 12.6. The number of anilines is 1. The normalized spacial score (nSPS) is 18.7. The summed E-state index contributed by atoms with van der Waals surface area (Å²) in [6.07, 6.45) is 2.03. The van der Waals surface area contributed by atoms with Crippen LogP contribution in [0.1, 0.15) is 26.7 Å². The van der Waals surface area contributed by atoms with Crippen LogP contribution in [0.5, 0.6) is 0 Å². The molecule has 22 heavy (non-hydrogen) atoms. The maximum absolute atomic E-state index is 12.6. The summed E-state index contributed by atoms with van der Waals surface area (Å²) in [6, 6.07) is 7.46. The smallest absolute Gasteiger partial charge is 0.244 e. The van der Waals surface area contributed by atoms with Gasteiger partial charge in [-0.1, -0.05) is 23.7 Å². The summed E-state index contributed by atoms with van der Waals surface area (Å²) in [5, 5.41) is 0.629. The third-order valence-electron chi connectivity index (χ3n) is 3.96. The van der Waals surface area contributed by atoms with Crippen molar-refractivity contribution in [1.29, 1.82) is 0 Å². The lowest BCUT2D eigenvalue weighted by atomic mass is 10.2. The van der Waals surface area contributed by atoms with E-state index in [1.54, 1.807) is 4.90 Å². The van der Waals surface area contributed by atoms with Crippen LogP contribution >= 0.6 is 11.6 Å². The zero-order chi connectivity index (χ0) is 16.1. The van der Waals surface area contributed by atoms with Crippen molar-refractivity contribution in [2.75, 3.05) is 31.6 Å². The Hall–Kier alpha value is -1.10. The van der Waals surface area contributed by atoms with E-state index >= 15 is 0 Å². The number of benzene rings is 1. The molecule has 1 heterocycles. The number of carbonyl (C=O) groups is 1. The molecular formula is C17H25ClN2O2. The summed E-state index contributed by atoms with van der Waals surface area (Å²) in [7, 11) is 2.01. The van der Waals surface area contributed by atoms with Crippen molar-refractivity contribution in [3.05, 3.63) is 29.3 Å². The monoisotopic (exact) mass is 324 g/mol. The van der Waals surface area contributed by atoms with Gasteiger partial charge < -0.3 is 9.64 Å². The number of amides is 1. The molecule has 0 saturated carbocycles. The van der Waals surface area contributed by atoms with Crippen LogP contribution in [-0.2, 0) is 9.53 Å². The SMILES string of the molecule is CC(C)OCCCN(C)[C@H]1CCN(c2ccccc2Cl)C1=O. The van der Waals surface area contributed by atoms with Crippen LogP contribution in [0.25, 0.3) is 0 Å². The van der Waals surface area contributed by atoms with Crippen LogP contribution in [0.4, 0.5) is 5.69 Å². The summed E-state index contributed by atoms with van der Waals surface area (Å²) in [4.78, 5) is 16.6. The summed E-state index contributed by atoms with van der Waals surface area (Å²) in [5.41, 5.74) is 0.813. The molecule has 1 aromatic rings. The third kappa shape index (κ3) is 4.22. The number of rotatable bonds is 7. The molecular weight excluding hydrogens is 300 g/mol. The minimum Gasteiger partial charge on any atom is -0.379 e. The number of hydrogen-bond acceptors (Lipinski definition) is 3. The van der Waals surface area contributed by atoms with Crippen molar-refractivity contribution >= 4 is 23.2 Å². The Morgan fingerprint density at radius 3 is 2.82 bits per heavy atom. The lowest BCUT2D eigenvalue weighted by molar-refractivity contribution is -0.121. The molecule has 0 unspecified atom stereocenters. The molecule has 1 amide bonds. The molecule has 4 nitrogen and oxygen atoms in total. The number of likely N-dealkylation sites (N-methyl/N-ethyl adjacent to an activating group) is 1. The number of hydrogen-bond donors (Lipinski definition) is 0. The quantitative estimate of drug-likeness (QED) is 0.722. The van der Waals surface area contributed by atoms with Gasteiger partial charge in [-0.25, -0.2) is 0 Å². The zero-order valence-electron chi connectivity index (χ0n) is 13.6. The van der Waals surface area contributed by atoms with Crippen LogP contribution in [0.15, 0.2) is 24.3 Å². The van der Waals surface area contributed by atoms with E-state index in [0.717, 1.165) is 38.2 Å². The van der Waals surface area contributed by atoms with Gasteiger partial charge in [0.1, 0.15) is 0 Å². The van der Waals surface area contributed by atoms with Gasteiger partial charge in [-0.3, -0.25) is 9.69 Å². The minimum absolute atomic E-state index is 0.0599. The van der Waals surface area contributed by atoms with Gasteiger partial charge in [0.25, 0.3) is 0 Å². The molecule has 0 bridgehead atoms. The summed E-state index contributed by atoms with van der Waals surface area (Å²) < 4.78 is 5.55. The van der Waals surface area contributed by atoms with Gasteiger partial charge in [-0.2, -0.15) is 0 Å². The molecule has 1 aromatic carbocycles.